The fourth-order valence-electron chi connectivity index (χ4n) is 4.25. The molecule has 0 aliphatic carbocycles. The standard InChI is InChI=1S/C27H23Cl4NO3/c1-15-3-7-17(8-4-15)33-14-24-23(34-18-9-5-16(2)6-10-18)13-25(35-24)32-22-12-21(29)20(28)11-19(22)26(30)27(32)31/h3-12,23-25H,13-14H2,1-2H3/t23-,24+,25+/m0/s1. The first kappa shape index (κ1) is 24.6. The van der Waals surface area contributed by atoms with E-state index in [2.05, 4.69) is 0 Å². The van der Waals surface area contributed by atoms with Gasteiger partial charge < -0.3 is 18.8 Å². The third-order valence-electron chi connectivity index (χ3n) is 6.14. The summed E-state index contributed by atoms with van der Waals surface area (Å²) < 4.78 is 20.7. The normalized spacial score (nSPS) is 19.9. The van der Waals surface area contributed by atoms with Crippen molar-refractivity contribution in [1.29, 1.82) is 0 Å². The molecule has 1 aliphatic heterocycles. The van der Waals surface area contributed by atoms with Gasteiger partial charge in [0.05, 0.1) is 20.6 Å². The minimum atomic E-state index is -0.434. The number of nitrogens with zero attached hydrogens (tertiary/aromatic N) is 1. The zero-order valence-corrected chi connectivity index (χ0v) is 22.1. The van der Waals surface area contributed by atoms with Crippen LogP contribution in [0.5, 0.6) is 11.5 Å². The maximum Gasteiger partial charge on any atom is 0.139 e. The molecule has 0 radical (unpaired) electrons. The summed E-state index contributed by atoms with van der Waals surface area (Å²) in [6.45, 7) is 4.39. The molecular weight excluding hydrogens is 528 g/mol. The molecule has 5 rings (SSSR count). The van der Waals surface area contributed by atoms with Crippen molar-refractivity contribution in [2.45, 2.75) is 38.7 Å². The fraction of sp³-hybridized carbons (Fsp3) is 0.259. The fourth-order valence-corrected chi connectivity index (χ4v) is 5.12. The molecule has 0 saturated carbocycles. The molecule has 35 heavy (non-hydrogen) atoms. The van der Waals surface area contributed by atoms with Crippen LogP contribution in [0.3, 0.4) is 0 Å². The van der Waals surface area contributed by atoms with Gasteiger partial charge >= 0.3 is 0 Å². The number of ether oxygens (including phenoxy) is 3. The van der Waals surface area contributed by atoms with Gasteiger partial charge in [0.15, 0.2) is 0 Å². The average Bonchev–Trinajstić information content (AvgIpc) is 3.33. The molecule has 4 nitrogen and oxygen atoms in total. The van der Waals surface area contributed by atoms with E-state index in [4.69, 9.17) is 60.6 Å². The predicted molar refractivity (Wildman–Crippen MR) is 143 cm³/mol. The van der Waals surface area contributed by atoms with E-state index in [0.717, 1.165) is 22.6 Å². The van der Waals surface area contributed by atoms with Crippen LogP contribution in [0.25, 0.3) is 10.9 Å². The number of benzene rings is 3. The Balaban J connectivity index is 1.45. The molecule has 8 heteroatoms. The number of aryl methyl sites for hydroxylation is 2. The lowest BCUT2D eigenvalue weighted by Gasteiger charge is -2.20. The summed E-state index contributed by atoms with van der Waals surface area (Å²) in [7, 11) is 0. The van der Waals surface area contributed by atoms with E-state index in [1.54, 1.807) is 12.1 Å². The highest BCUT2D eigenvalue weighted by atomic mass is 35.5. The van der Waals surface area contributed by atoms with Crippen molar-refractivity contribution < 1.29 is 14.2 Å². The van der Waals surface area contributed by atoms with Crippen LogP contribution < -0.4 is 9.47 Å². The van der Waals surface area contributed by atoms with Crippen molar-refractivity contribution in [3.8, 4) is 11.5 Å². The highest BCUT2D eigenvalue weighted by Gasteiger charge is 2.40. The largest absolute Gasteiger partial charge is 0.491 e. The minimum Gasteiger partial charge on any atom is -0.491 e. The quantitative estimate of drug-likeness (QED) is 0.240. The van der Waals surface area contributed by atoms with Gasteiger partial charge in [0.1, 0.15) is 41.7 Å². The van der Waals surface area contributed by atoms with Crippen LogP contribution in [0.4, 0.5) is 0 Å². The van der Waals surface area contributed by atoms with Crippen molar-refractivity contribution in [2.24, 2.45) is 0 Å². The van der Waals surface area contributed by atoms with Crippen molar-refractivity contribution in [1.82, 2.24) is 4.57 Å². The first-order valence-corrected chi connectivity index (χ1v) is 12.7. The van der Waals surface area contributed by atoms with Crippen LogP contribution in [0.15, 0.2) is 60.7 Å². The SMILES string of the molecule is Cc1ccc(OC[C@H]2O[C@@H](n3c(Cl)c(Cl)c4cc(Cl)c(Cl)cc43)C[C@@H]2Oc2ccc(C)cc2)cc1. The first-order chi connectivity index (χ1) is 16.8. The Hall–Kier alpha value is -2.08. The lowest BCUT2D eigenvalue weighted by atomic mass is 10.1. The molecule has 182 valence electrons. The summed E-state index contributed by atoms with van der Waals surface area (Å²) in [6.07, 6.45) is -0.520. The Morgan fingerprint density at radius 2 is 1.46 bits per heavy atom. The van der Waals surface area contributed by atoms with Gasteiger partial charge in [-0.15, -0.1) is 0 Å². The van der Waals surface area contributed by atoms with E-state index >= 15 is 0 Å². The number of hydrogen-bond donors (Lipinski definition) is 0. The maximum atomic E-state index is 6.67. The van der Waals surface area contributed by atoms with Crippen molar-refractivity contribution in [2.75, 3.05) is 6.61 Å². The first-order valence-electron chi connectivity index (χ1n) is 11.2. The third kappa shape index (κ3) is 5.09. The van der Waals surface area contributed by atoms with Gasteiger partial charge in [-0.1, -0.05) is 81.8 Å². The number of hydrogen-bond acceptors (Lipinski definition) is 3. The second kappa shape index (κ2) is 10.1. The highest BCUT2D eigenvalue weighted by Crippen LogP contribution is 2.43. The molecule has 0 spiro atoms. The van der Waals surface area contributed by atoms with Crippen LogP contribution in [0.1, 0.15) is 23.8 Å². The van der Waals surface area contributed by atoms with Crippen molar-refractivity contribution >= 4 is 57.3 Å². The topological polar surface area (TPSA) is 32.6 Å². The highest BCUT2D eigenvalue weighted by molar-refractivity contribution is 6.47. The van der Waals surface area contributed by atoms with Crippen LogP contribution >= 0.6 is 46.4 Å². The summed E-state index contributed by atoms with van der Waals surface area (Å²) in [6, 6.07) is 19.3. The molecule has 1 aromatic heterocycles. The van der Waals surface area contributed by atoms with E-state index in [1.165, 1.54) is 5.56 Å². The summed E-state index contributed by atoms with van der Waals surface area (Å²) >= 11 is 25.8. The number of halogens is 4. The lowest BCUT2D eigenvalue weighted by molar-refractivity contribution is -0.0336. The van der Waals surface area contributed by atoms with Gasteiger partial charge in [0.2, 0.25) is 0 Å². The summed E-state index contributed by atoms with van der Waals surface area (Å²) in [5, 5.41) is 2.30. The molecule has 3 aromatic carbocycles. The molecule has 2 heterocycles. The van der Waals surface area contributed by atoms with Gasteiger partial charge in [0.25, 0.3) is 0 Å². The Morgan fingerprint density at radius 1 is 0.857 bits per heavy atom. The second-order valence-corrected chi connectivity index (χ2v) is 10.3. The summed E-state index contributed by atoms with van der Waals surface area (Å²) in [5.41, 5.74) is 3.07. The zero-order valence-electron chi connectivity index (χ0n) is 19.1. The van der Waals surface area contributed by atoms with Crippen LogP contribution in [0, 0.1) is 13.8 Å². The van der Waals surface area contributed by atoms with E-state index in [1.807, 2.05) is 66.9 Å². The zero-order chi connectivity index (χ0) is 24.7. The van der Waals surface area contributed by atoms with E-state index in [9.17, 15) is 0 Å². The molecule has 1 fully saturated rings. The molecule has 0 unspecified atom stereocenters. The molecule has 3 atom stereocenters. The van der Waals surface area contributed by atoms with Gasteiger partial charge in [-0.05, 0) is 50.2 Å². The molecule has 1 saturated heterocycles. The average molecular weight is 551 g/mol. The van der Waals surface area contributed by atoms with Gasteiger partial charge in [-0.25, -0.2) is 0 Å². The van der Waals surface area contributed by atoms with Gasteiger partial charge in [-0.2, -0.15) is 0 Å². The van der Waals surface area contributed by atoms with E-state index in [0.29, 0.717) is 38.6 Å². The van der Waals surface area contributed by atoms with Gasteiger partial charge in [-0.3, -0.25) is 0 Å². The van der Waals surface area contributed by atoms with E-state index < -0.39 is 6.23 Å². The van der Waals surface area contributed by atoms with Crippen molar-refractivity contribution in [3.05, 3.63) is 92.0 Å². The Morgan fingerprint density at radius 3 is 2.11 bits per heavy atom. The molecule has 0 bridgehead atoms. The second-order valence-electron chi connectivity index (χ2n) is 8.72. The van der Waals surface area contributed by atoms with Gasteiger partial charge in [0, 0.05) is 11.8 Å². The Bertz CT molecular complexity index is 1350. The summed E-state index contributed by atoms with van der Waals surface area (Å²) in [5.74, 6) is 1.53. The summed E-state index contributed by atoms with van der Waals surface area (Å²) in [4.78, 5) is 0. The Labute approximate surface area is 224 Å². The number of aromatic nitrogens is 1. The molecule has 0 N–H and O–H groups in total. The van der Waals surface area contributed by atoms with Crippen LogP contribution in [-0.4, -0.2) is 23.4 Å². The van der Waals surface area contributed by atoms with Crippen LogP contribution in [0.2, 0.25) is 20.2 Å². The molecular formula is C27H23Cl4NO3. The smallest absolute Gasteiger partial charge is 0.139 e. The third-order valence-corrected chi connectivity index (χ3v) is 7.71. The number of fused-ring (bicyclic) bond motifs is 1. The molecule has 0 amide bonds. The molecule has 1 aliphatic rings. The monoisotopic (exact) mass is 549 g/mol. The van der Waals surface area contributed by atoms with E-state index in [-0.39, 0.29) is 12.2 Å². The lowest BCUT2D eigenvalue weighted by Crippen LogP contribution is -2.32. The number of rotatable bonds is 6. The predicted octanol–water partition coefficient (Wildman–Crippen LogP) is 8.69. The van der Waals surface area contributed by atoms with Crippen molar-refractivity contribution in [3.63, 3.8) is 0 Å². The maximum absolute atomic E-state index is 6.67. The Kier molecular flexibility index (Phi) is 7.11. The van der Waals surface area contributed by atoms with Crippen LogP contribution in [-0.2, 0) is 4.74 Å². The molecule has 4 aromatic rings. The minimum absolute atomic E-state index is 0.275.